The minimum absolute atomic E-state index is 0.0684. The minimum atomic E-state index is -0.365. The van der Waals surface area contributed by atoms with E-state index in [1.54, 1.807) is 6.92 Å². The van der Waals surface area contributed by atoms with E-state index < -0.39 is 0 Å². The zero-order valence-corrected chi connectivity index (χ0v) is 17.7. The van der Waals surface area contributed by atoms with Crippen LogP contribution < -0.4 is 10.1 Å². The number of ether oxygens (including phenoxy) is 2. The van der Waals surface area contributed by atoms with Gasteiger partial charge >= 0.3 is 5.97 Å². The molecule has 0 fully saturated rings. The van der Waals surface area contributed by atoms with Gasteiger partial charge < -0.3 is 14.8 Å². The van der Waals surface area contributed by atoms with Crippen molar-refractivity contribution in [2.45, 2.75) is 52.4 Å². The third-order valence-corrected chi connectivity index (χ3v) is 5.95. The molecule has 5 nitrogen and oxygen atoms in total. The summed E-state index contributed by atoms with van der Waals surface area (Å²) in [5.74, 6) is -0.0105. The highest BCUT2D eigenvalue weighted by molar-refractivity contribution is 7.17. The molecule has 6 heteroatoms. The van der Waals surface area contributed by atoms with Gasteiger partial charge in [0.15, 0.2) is 6.61 Å². The number of aryl methyl sites for hydroxylation is 1. The second-order valence-corrected chi connectivity index (χ2v) is 9.00. The standard InChI is InChI=1S/C22H27NO4S/c1-5-26-21(25)19-16-7-6-8-17(16)28-20(19)23-18(24)13-27-15-11-9-14(10-12-15)22(2,3)4/h9-12H,5-8,13H2,1-4H3,(H,23,24). The summed E-state index contributed by atoms with van der Waals surface area (Å²) in [5.41, 5.74) is 2.81. The van der Waals surface area contributed by atoms with E-state index >= 15 is 0 Å². The fraction of sp³-hybridized carbons (Fsp3) is 0.455. The SMILES string of the molecule is CCOC(=O)c1c(NC(=O)COc2ccc(C(C)(C)C)cc2)sc2c1CCC2. The lowest BCUT2D eigenvalue weighted by Crippen LogP contribution is -2.21. The van der Waals surface area contributed by atoms with E-state index in [9.17, 15) is 9.59 Å². The molecule has 0 unspecified atom stereocenters. The summed E-state index contributed by atoms with van der Waals surface area (Å²) in [7, 11) is 0. The molecule has 0 saturated carbocycles. The van der Waals surface area contributed by atoms with E-state index in [-0.39, 0.29) is 23.9 Å². The molecule has 3 rings (SSSR count). The summed E-state index contributed by atoms with van der Waals surface area (Å²) in [6.45, 7) is 8.42. The Labute approximate surface area is 170 Å². The zero-order chi connectivity index (χ0) is 20.3. The van der Waals surface area contributed by atoms with Gasteiger partial charge in [0.1, 0.15) is 10.8 Å². The number of amides is 1. The zero-order valence-electron chi connectivity index (χ0n) is 16.9. The first kappa shape index (κ1) is 20.4. The van der Waals surface area contributed by atoms with E-state index in [4.69, 9.17) is 9.47 Å². The number of hydrogen-bond acceptors (Lipinski definition) is 5. The Balaban J connectivity index is 1.65. The maximum atomic E-state index is 12.4. The van der Waals surface area contributed by atoms with Gasteiger partial charge in [-0.3, -0.25) is 4.79 Å². The molecule has 1 heterocycles. The van der Waals surface area contributed by atoms with Crippen LogP contribution in [0.1, 0.15) is 60.5 Å². The maximum absolute atomic E-state index is 12.4. The van der Waals surface area contributed by atoms with Gasteiger partial charge in [-0.1, -0.05) is 32.9 Å². The average molecular weight is 402 g/mol. The van der Waals surface area contributed by atoms with Crippen molar-refractivity contribution < 1.29 is 19.1 Å². The Kier molecular flexibility index (Phi) is 6.08. The molecule has 1 N–H and O–H groups in total. The summed E-state index contributed by atoms with van der Waals surface area (Å²) >= 11 is 1.47. The number of benzene rings is 1. The van der Waals surface area contributed by atoms with Gasteiger partial charge in [-0.05, 0) is 54.9 Å². The van der Waals surface area contributed by atoms with Gasteiger partial charge in [-0.2, -0.15) is 0 Å². The number of anilines is 1. The van der Waals surface area contributed by atoms with Crippen LogP contribution in [0.5, 0.6) is 5.75 Å². The number of rotatable bonds is 6. The molecule has 0 aliphatic heterocycles. The average Bonchev–Trinajstić information content (AvgIpc) is 3.20. The fourth-order valence-electron chi connectivity index (χ4n) is 3.27. The second-order valence-electron chi connectivity index (χ2n) is 7.89. The van der Waals surface area contributed by atoms with Crippen molar-refractivity contribution in [1.29, 1.82) is 0 Å². The highest BCUT2D eigenvalue weighted by Gasteiger charge is 2.28. The van der Waals surface area contributed by atoms with Crippen LogP contribution in [0.3, 0.4) is 0 Å². The third-order valence-electron chi connectivity index (χ3n) is 4.74. The Morgan fingerprint density at radius 2 is 1.86 bits per heavy atom. The Morgan fingerprint density at radius 1 is 1.14 bits per heavy atom. The van der Waals surface area contributed by atoms with Crippen LogP contribution in [-0.4, -0.2) is 25.1 Å². The summed E-state index contributed by atoms with van der Waals surface area (Å²) in [6.07, 6.45) is 2.83. The number of carbonyl (C=O) groups is 2. The van der Waals surface area contributed by atoms with Crippen molar-refractivity contribution >= 4 is 28.2 Å². The number of carbonyl (C=O) groups excluding carboxylic acids is 2. The van der Waals surface area contributed by atoms with Crippen LogP contribution in [0, 0.1) is 0 Å². The lowest BCUT2D eigenvalue weighted by Gasteiger charge is -2.19. The van der Waals surface area contributed by atoms with Gasteiger partial charge in [0, 0.05) is 4.88 Å². The van der Waals surface area contributed by atoms with Crippen molar-refractivity contribution in [3.8, 4) is 5.75 Å². The number of nitrogens with one attached hydrogen (secondary N) is 1. The van der Waals surface area contributed by atoms with E-state index in [1.165, 1.54) is 16.9 Å². The van der Waals surface area contributed by atoms with Crippen LogP contribution in [-0.2, 0) is 27.8 Å². The van der Waals surface area contributed by atoms with Crippen molar-refractivity contribution in [2.75, 3.05) is 18.5 Å². The van der Waals surface area contributed by atoms with E-state index in [0.717, 1.165) is 29.7 Å². The lowest BCUT2D eigenvalue weighted by atomic mass is 9.87. The number of thiophene rings is 1. The minimum Gasteiger partial charge on any atom is -0.484 e. The van der Waals surface area contributed by atoms with E-state index in [1.807, 2.05) is 24.3 Å². The quantitative estimate of drug-likeness (QED) is 0.711. The van der Waals surface area contributed by atoms with Gasteiger partial charge in [0.25, 0.3) is 5.91 Å². The van der Waals surface area contributed by atoms with Crippen LogP contribution in [0.2, 0.25) is 0 Å². The van der Waals surface area contributed by atoms with Gasteiger partial charge in [0.05, 0.1) is 12.2 Å². The Morgan fingerprint density at radius 3 is 2.50 bits per heavy atom. The predicted molar refractivity (Wildman–Crippen MR) is 112 cm³/mol. The number of hydrogen-bond donors (Lipinski definition) is 1. The largest absolute Gasteiger partial charge is 0.484 e. The first-order valence-electron chi connectivity index (χ1n) is 9.64. The molecular weight excluding hydrogens is 374 g/mol. The monoisotopic (exact) mass is 401 g/mol. The normalized spacial score (nSPS) is 13.1. The Bertz CT molecular complexity index is 862. The van der Waals surface area contributed by atoms with Crippen LogP contribution in [0.25, 0.3) is 0 Å². The van der Waals surface area contributed by atoms with Crippen molar-refractivity contribution in [3.63, 3.8) is 0 Å². The molecule has 1 aliphatic rings. The van der Waals surface area contributed by atoms with Crippen molar-refractivity contribution in [3.05, 3.63) is 45.8 Å². The Hall–Kier alpha value is -2.34. The van der Waals surface area contributed by atoms with Crippen molar-refractivity contribution in [2.24, 2.45) is 0 Å². The van der Waals surface area contributed by atoms with E-state index in [0.29, 0.717) is 22.9 Å². The molecule has 28 heavy (non-hydrogen) atoms. The van der Waals surface area contributed by atoms with Crippen LogP contribution in [0.4, 0.5) is 5.00 Å². The second kappa shape index (κ2) is 8.35. The molecule has 0 atom stereocenters. The predicted octanol–water partition coefficient (Wildman–Crippen LogP) is 4.73. The van der Waals surface area contributed by atoms with Gasteiger partial charge in [-0.15, -0.1) is 11.3 Å². The highest BCUT2D eigenvalue weighted by Crippen LogP contribution is 2.39. The lowest BCUT2D eigenvalue weighted by molar-refractivity contribution is -0.118. The van der Waals surface area contributed by atoms with Crippen LogP contribution >= 0.6 is 11.3 Å². The number of esters is 1. The molecular formula is C22H27NO4S. The molecule has 1 aromatic carbocycles. The van der Waals surface area contributed by atoms with E-state index in [2.05, 4.69) is 26.1 Å². The molecule has 0 saturated heterocycles. The first-order valence-corrected chi connectivity index (χ1v) is 10.5. The summed E-state index contributed by atoms with van der Waals surface area (Å²) in [4.78, 5) is 25.9. The topological polar surface area (TPSA) is 64.6 Å². The highest BCUT2D eigenvalue weighted by atomic mass is 32.1. The molecule has 150 valence electrons. The van der Waals surface area contributed by atoms with Gasteiger partial charge in [0.2, 0.25) is 0 Å². The van der Waals surface area contributed by atoms with Gasteiger partial charge in [-0.25, -0.2) is 4.79 Å². The molecule has 0 bridgehead atoms. The smallest absolute Gasteiger partial charge is 0.341 e. The fourth-order valence-corrected chi connectivity index (χ4v) is 4.57. The molecule has 2 aromatic rings. The third kappa shape index (κ3) is 4.55. The molecule has 0 radical (unpaired) electrons. The molecule has 0 spiro atoms. The van der Waals surface area contributed by atoms with Crippen LogP contribution in [0.15, 0.2) is 24.3 Å². The number of fused-ring (bicyclic) bond motifs is 1. The molecule has 1 amide bonds. The molecule has 1 aliphatic carbocycles. The maximum Gasteiger partial charge on any atom is 0.341 e. The summed E-state index contributed by atoms with van der Waals surface area (Å²) in [6, 6.07) is 7.76. The summed E-state index contributed by atoms with van der Waals surface area (Å²) < 4.78 is 10.8. The van der Waals surface area contributed by atoms with Crippen molar-refractivity contribution in [1.82, 2.24) is 0 Å². The summed E-state index contributed by atoms with van der Waals surface area (Å²) in [5, 5.41) is 3.41. The molecule has 1 aromatic heterocycles. The first-order chi connectivity index (χ1) is 13.3.